The van der Waals surface area contributed by atoms with Crippen LogP contribution in [-0.2, 0) is 24.0 Å². The molecule has 1 aliphatic heterocycles. The number of rotatable bonds is 6. The van der Waals surface area contributed by atoms with Crippen LogP contribution in [0, 0.1) is 5.41 Å². The smallest absolute Gasteiger partial charge is 0.0471 e. The van der Waals surface area contributed by atoms with Gasteiger partial charge in [-0.25, -0.2) is 0 Å². The number of hydrogen-bond donors (Lipinski definition) is 1. The van der Waals surface area contributed by atoms with E-state index < -0.39 is 0 Å². The van der Waals surface area contributed by atoms with Crippen molar-refractivity contribution in [1.82, 2.24) is 5.32 Å². The van der Waals surface area contributed by atoms with E-state index in [-0.39, 0.29) is 0 Å². The Morgan fingerprint density at radius 1 is 1.14 bits per heavy atom. The number of aryl methyl sites for hydroxylation is 2. The summed E-state index contributed by atoms with van der Waals surface area (Å²) < 4.78 is 5.61. The molecule has 116 valence electrons. The first-order valence-corrected chi connectivity index (χ1v) is 8.70. The van der Waals surface area contributed by atoms with Gasteiger partial charge >= 0.3 is 0 Å². The van der Waals surface area contributed by atoms with Crippen molar-refractivity contribution < 1.29 is 4.74 Å². The van der Waals surface area contributed by atoms with E-state index in [2.05, 4.69) is 30.4 Å². The zero-order valence-electron chi connectivity index (χ0n) is 13.4. The van der Waals surface area contributed by atoms with Crippen molar-refractivity contribution in [2.24, 2.45) is 5.41 Å². The lowest BCUT2D eigenvalue weighted by atomic mass is 9.75. The number of ether oxygens (including phenoxy) is 1. The molecule has 0 atom stereocenters. The van der Waals surface area contributed by atoms with E-state index in [4.69, 9.17) is 4.74 Å². The molecule has 0 amide bonds. The zero-order valence-corrected chi connectivity index (χ0v) is 13.4. The first-order valence-electron chi connectivity index (χ1n) is 8.70. The third kappa shape index (κ3) is 3.67. The molecule has 1 aromatic carbocycles. The lowest BCUT2D eigenvalue weighted by Gasteiger charge is -2.38. The Morgan fingerprint density at radius 2 is 1.95 bits per heavy atom. The predicted molar refractivity (Wildman–Crippen MR) is 87.8 cm³/mol. The molecule has 3 rings (SSSR count). The maximum absolute atomic E-state index is 5.61. The number of benzene rings is 1. The lowest BCUT2D eigenvalue weighted by Crippen LogP contribution is -2.41. The molecular weight excluding hydrogens is 258 g/mol. The van der Waals surface area contributed by atoms with Crippen molar-refractivity contribution in [2.45, 2.75) is 51.9 Å². The van der Waals surface area contributed by atoms with Crippen molar-refractivity contribution in [3.05, 3.63) is 34.9 Å². The van der Waals surface area contributed by atoms with E-state index >= 15 is 0 Å². The van der Waals surface area contributed by atoms with Crippen LogP contribution in [-0.4, -0.2) is 26.3 Å². The summed E-state index contributed by atoms with van der Waals surface area (Å²) in [7, 11) is 0. The van der Waals surface area contributed by atoms with Gasteiger partial charge in [0, 0.05) is 19.8 Å². The van der Waals surface area contributed by atoms with Gasteiger partial charge in [0.1, 0.15) is 0 Å². The van der Waals surface area contributed by atoms with Crippen LogP contribution in [0.25, 0.3) is 0 Å². The molecule has 0 aromatic heterocycles. The minimum atomic E-state index is 0.403. The van der Waals surface area contributed by atoms with Gasteiger partial charge in [-0.2, -0.15) is 0 Å². The van der Waals surface area contributed by atoms with E-state index in [9.17, 15) is 0 Å². The van der Waals surface area contributed by atoms with Crippen molar-refractivity contribution in [1.29, 1.82) is 0 Å². The quantitative estimate of drug-likeness (QED) is 0.808. The van der Waals surface area contributed by atoms with Gasteiger partial charge < -0.3 is 10.1 Å². The third-order valence-corrected chi connectivity index (χ3v) is 5.22. The monoisotopic (exact) mass is 287 g/mol. The van der Waals surface area contributed by atoms with Crippen LogP contribution >= 0.6 is 0 Å². The van der Waals surface area contributed by atoms with E-state index in [1.54, 1.807) is 11.1 Å². The largest absolute Gasteiger partial charge is 0.381 e. The molecule has 1 aromatic rings. The summed E-state index contributed by atoms with van der Waals surface area (Å²) in [6.45, 7) is 6.37. The van der Waals surface area contributed by atoms with Crippen molar-refractivity contribution in [3.63, 3.8) is 0 Å². The van der Waals surface area contributed by atoms with E-state index in [0.29, 0.717) is 5.41 Å². The average molecular weight is 287 g/mol. The fourth-order valence-corrected chi connectivity index (χ4v) is 3.92. The van der Waals surface area contributed by atoms with Crippen LogP contribution in [0.5, 0.6) is 0 Å². The number of hydrogen-bond acceptors (Lipinski definition) is 2. The highest BCUT2D eigenvalue weighted by atomic mass is 16.5. The van der Waals surface area contributed by atoms with E-state index in [0.717, 1.165) is 26.3 Å². The Balaban J connectivity index is 1.71. The van der Waals surface area contributed by atoms with Gasteiger partial charge in [0.2, 0.25) is 0 Å². The second-order valence-electron chi connectivity index (χ2n) is 6.92. The van der Waals surface area contributed by atoms with Crippen LogP contribution in [0.4, 0.5) is 0 Å². The Kier molecular flexibility index (Phi) is 4.97. The predicted octanol–water partition coefficient (Wildman–Crippen LogP) is 3.51. The SMILES string of the molecule is CCCNCC1(Cc2ccc3c(c2)CCC3)CCOCC1. The van der Waals surface area contributed by atoms with Gasteiger partial charge in [-0.3, -0.25) is 0 Å². The third-order valence-electron chi connectivity index (χ3n) is 5.22. The molecule has 2 heteroatoms. The summed E-state index contributed by atoms with van der Waals surface area (Å²) in [5.41, 5.74) is 5.14. The minimum absolute atomic E-state index is 0.403. The van der Waals surface area contributed by atoms with Gasteiger partial charge in [-0.15, -0.1) is 0 Å². The molecule has 1 saturated heterocycles. The molecule has 0 radical (unpaired) electrons. The normalized spacial score (nSPS) is 20.4. The van der Waals surface area contributed by atoms with Crippen molar-refractivity contribution >= 4 is 0 Å². The highest BCUT2D eigenvalue weighted by Crippen LogP contribution is 2.35. The summed E-state index contributed by atoms with van der Waals surface area (Å²) in [5.74, 6) is 0. The van der Waals surface area contributed by atoms with Crippen LogP contribution in [0.15, 0.2) is 18.2 Å². The molecule has 2 nitrogen and oxygen atoms in total. The summed E-state index contributed by atoms with van der Waals surface area (Å²) in [5, 5.41) is 3.66. The van der Waals surface area contributed by atoms with Crippen LogP contribution in [0.1, 0.15) is 49.3 Å². The minimum Gasteiger partial charge on any atom is -0.381 e. The molecule has 1 N–H and O–H groups in total. The second kappa shape index (κ2) is 6.93. The van der Waals surface area contributed by atoms with Crippen LogP contribution in [0.2, 0.25) is 0 Å². The molecule has 0 saturated carbocycles. The summed E-state index contributed by atoms with van der Waals surface area (Å²) in [6.07, 6.45) is 8.73. The molecule has 21 heavy (non-hydrogen) atoms. The van der Waals surface area contributed by atoms with Gasteiger partial charge in [0.15, 0.2) is 0 Å². The van der Waals surface area contributed by atoms with Crippen LogP contribution in [0.3, 0.4) is 0 Å². The Morgan fingerprint density at radius 3 is 2.76 bits per heavy atom. The molecule has 1 heterocycles. The Hall–Kier alpha value is -0.860. The molecule has 0 unspecified atom stereocenters. The maximum Gasteiger partial charge on any atom is 0.0471 e. The van der Waals surface area contributed by atoms with Crippen LogP contribution < -0.4 is 5.32 Å². The number of fused-ring (bicyclic) bond motifs is 1. The summed E-state index contributed by atoms with van der Waals surface area (Å²) in [6, 6.07) is 7.24. The highest BCUT2D eigenvalue weighted by molar-refractivity contribution is 5.35. The van der Waals surface area contributed by atoms with E-state index in [1.807, 2.05) is 0 Å². The number of nitrogens with one attached hydrogen (secondary N) is 1. The second-order valence-corrected chi connectivity index (χ2v) is 6.92. The Labute approximate surface area is 129 Å². The van der Waals surface area contributed by atoms with Gasteiger partial charge in [-0.1, -0.05) is 25.1 Å². The van der Waals surface area contributed by atoms with Gasteiger partial charge in [0.25, 0.3) is 0 Å². The lowest BCUT2D eigenvalue weighted by molar-refractivity contribution is 0.0150. The fraction of sp³-hybridized carbons (Fsp3) is 0.684. The highest BCUT2D eigenvalue weighted by Gasteiger charge is 2.32. The van der Waals surface area contributed by atoms with Gasteiger partial charge in [0.05, 0.1) is 0 Å². The molecule has 0 bridgehead atoms. The maximum atomic E-state index is 5.61. The van der Waals surface area contributed by atoms with Crippen molar-refractivity contribution in [3.8, 4) is 0 Å². The van der Waals surface area contributed by atoms with Crippen molar-refractivity contribution in [2.75, 3.05) is 26.3 Å². The summed E-state index contributed by atoms with van der Waals surface area (Å²) >= 11 is 0. The van der Waals surface area contributed by atoms with E-state index in [1.165, 1.54) is 50.5 Å². The first-order chi connectivity index (χ1) is 10.3. The molecule has 0 spiro atoms. The molecular formula is C19H29NO. The Bertz CT molecular complexity index is 463. The molecule has 1 aliphatic carbocycles. The fourth-order valence-electron chi connectivity index (χ4n) is 3.92. The average Bonchev–Trinajstić information content (AvgIpc) is 2.96. The topological polar surface area (TPSA) is 21.3 Å². The van der Waals surface area contributed by atoms with Gasteiger partial charge in [-0.05, 0) is 73.6 Å². The summed E-state index contributed by atoms with van der Waals surface area (Å²) in [4.78, 5) is 0. The standard InChI is InChI=1S/C19H29NO/c1-2-10-20-15-19(8-11-21-12-9-19)14-16-6-7-17-4-3-5-18(17)13-16/h6-7,13,20H,2-5,8-12,14-15H2,1H3. The molecule has 1 fully saturated rings. The zero-order chi connectivity index (χ0) is 14.5. The molecule has 2 aliphatic rings. The first kappa shape index (κ1) is 15.1.